The molecule has 0 radical (unpaired) electrons. The minimum atomic E-state index is -4.98. The summed E-state index contributed by atoms with van der Waals surface area (Å²) in [5.74, 6) is -2.00. The lowest BCUT2D eigenvalue weighted by Crippen LogP contribution is -2.17. The molecule has 0 unspecified atom stereocenters. The third-order valence-corrected chi connectivity index (χ3v) is 4.82. The second-order valence-electron chi connectivity index (χ2n) is 5.41. The summed E-state index contributed by atoms with van der Waals surface area (Å²) < 4.78 is 80.8. The molecule has 0 aliphatic heterocycles. The molecule has 0 spiro atoms. The van der Waals surface area contributed by atoms with E-state index >= 15 is 0 Å². The van der Waals surface area contributed by atoms with Crippen LogP contribution in [0, 0.1) is 5.82 Å². The van der Waals surface area contributed by atoms with Crippen LogP contribution in [-0.4, -0.2) is 19.8 Å². The molecule has 5 nitrogen and oxygen atoms in total. The smallest absolute Gasteiger partial charge is 0.406 e. The number of aromatic nitrogens is 1. The lowest BCUT2D eigenvalue weighted by molar-refractivity contribution is -0.274. The predicted octanol–water partition coefficient (Wildman–Crippen LogP) is 4.52. The van der Waals surface area contributed by atoms with E-state index in [2.05, 4.69) is 9.72 Å². The minimum Gasteiger partial charge on any atom is -0.406 e. The maximum atomic E-state index is 14.0. The molecule has 3 aromatic rings. The van der Waals surface area contributed by atoms with Crippen molar-refractivity contribution in [1.29, 1.82) is 0 Å². The Hall–Kier alpha value is -3.01. The molecular weight excluding hydrogens is 388 g/mol. The summed E-state index contributed by atoms with van der Waals surface area (Å²) in [7, 11) is -4.16. The zero-order valence-electron chi connectivity index (χ0n) is 13.4. The zero-order valence-corrected chi connectivity index (χ0v) is 14.2. The van der Waals surface area contributed by atoms with Crippen molar-refractivity contribution in [1.82, 2.24) is 4.98 Å². The van der Waals surface area contributed by atoms with Crippen LogP contribution in [0.3, 0.4) is 0 Å². The Balaban J connectivity index is 1.82. The number of aromatic amines is 1. The van der Waals surface area contributed by atoms with Crippen LogP contribution in [0.5, 0.6) is 5.75 Å². The number of rotatable bonds is 5. The summed E-state index contributed by atoms with van der Waals surface area (Å²) in [4.78, 5) is 2.65. The van der Waals surface area contributed by atoms with E-state index in [4.69, 9.17) is 0 Å². The summed E-state index contributed by atoms with van der Waals surface area (Å²) in [6.45, 7) is 0. The molecule has 2 N–H and O–H groups in total. The van der Waals surface area contributed by atoms with Gasteiger partial charge in [-0.15, -0.1) is 13.2 Å². The van der Waals surface area contributed by atoms with Crippen LogP contribution in [-0.2, 0) is 10.0 Å². The molecule has 0 aliphatic rings. The van der Waals surface area contributed by atoms with Crippen molar-refractivity contribution in [3.05, 3.63) is 66.6 Å². The Morgan fingerprint density at radius 1 is 1.00 bits per heavy atom. The van der Waals surface area contributed by atoms with Gasteiger partial charge in [0.25, 0.3) is 10.0 Å². The highest BCUT2D eigenvalue weighted by molar-refractivity contribution is 7.92. The van der Waals surface area contributed by atoms with E-state index in [0.717, 1.165) is 17.7 Å². The molecule has 1 heterocycles. The SMILES string of the molecule is O=S(=O)(Nc1ccc(OC(F)(F)F)cc1F)c1c[nH]c(-c2ccccc2)c1. The molecule has 27 heavy (non-hydrogen) atoms. The van der Waals surface area contributed by atoms with Crippen molar-refractivity contribution in [3.8, 4) is 17.0 Å². The van der Waals surface area contributed by atoms with Crippen LogP contribution in [0.4, 0.5) is 23.2 Å². The largest absolute Gasteiger partial charge is 0.573 e. The molecule has 0 saturated carbocycles. The van der Waals surface area contributed by atoms with Crippen molar-refractivity contribution in [2.24, 2.45) is 0 Å². The Bertz CT molecular complexity index is 1050. The average Bonchev–Trinajstić information content (AvgIpc) is 3.08. The van der Waals surface area contributed by atoms with Gasteiger partial charge in [0.15, 0.2) is 5.82 Å². The maximum absolute atomic E-state index is 14.0. The summed E-state index contributed by atoms with van der Waals surface area (Å²) >= 11 is 0. The fourth-order valence-electron chi connectivity index (χ4n) is 2.29. The van der Waals surface area contributed by atoms with Crippen molar-refractivity contribution in [3.63, 3.8) is 0 Å². The number of anilines is 1. The van der Waals surface area contributed by atoms with E-state index in [-0.39, 0.29) is 4.90 Å². The van der Waals surface area contributed by atoms with Crippen LogP contribution in [0.2, 0.25) is 0 Å². The van der Waals surface area contributed by atoms with Gasteiger partial charge < -0.3 is 9.72 Å². The second kappa shape index (κ2) is 6.95. The van der Waals surface area contributed by atoms with Crippen LogP contribution < -0.4 is 9.46 Å². The van der Waals surface area contributed by atoms with E-state index in [1.165, 1.54) is 12.3 Å². The van der Waals surface area contributed by atoms with Crippen LogP contribution in [0.25, 0.3) is 11.3 Å². The molecule has 2 aromatic carbocycles. The van der Waals surface area contributed by atoms with Gasteiger partial charge in [0.1, 0.15) is 10.6 Å². The Morgan fingerprint density at radius 3 is 2.33 bits per heavy atom. The number of nitrogens with one attached hydrogen (secondary N) is 2. The third kappa shape index (κ3) is 4.59. The highest BCUT2D eigenvalue weighted by atomic mass is 32.2. The molecule has 10 heteroatoms. The number of hydrogen-bond acceptors (Lipinski definition) is 3. The van der Waals surface area contributed by atoms with E-state index < -0.39 is 33.6 Å². The highest BCUT2D eigenvalue weighted by Gasteiger charge is 2.31. The molecule has 0 atom stereocenters. The summed E-state index contributed by atoms with van der Waals surface area (Å²) in [6.07, 6.45) is -3.75. The number of H-pyrrole nitrogens is 1. The van der Waals surface area contributed by atoms with Crippen molar-refractivity contribution < 1.29 is 30.7 Å². The number of hydrogen-bond donors (Lipinski definition) is 2. The Kier molecular flexibility index (Phi) is 4.83. The number of ether oxygens (including phenoxy) is 1. The quantitative estimate of drug-likeness (QED) is 0.619. The van der Waals surface area contributed by atoms with Crippen LogP contribution in [0.1, 0.15) is 0 Å². The fourth-order valence-corrected chi connectivity index (χ4v) is 3.35. The van der Waals surface area contributed by atoms with Gasteiger partial charge in [0, 0.05) is 18.0 Å². The Labute approximate surface area is 151 Å². The summed E-state index contributed by atoms with van der Waals surface area (Å²) in [6, 6.07) is 12.4. The van der Waals surface area contributed by atoms with Crippen molar-refractivity contribution >= 4 is 15.7 Å². The van der Waals surface area contributed by atoms with Crippen LogP contribution >= 0.6 is 0 Å². The standard InChI is InChI=1S/C17H12F4N2O3S/c18-14-8-12(26-17(19,20)21)6-7-15(14)23-27(24,25)13-9-16(22-10-13)11-4-2-1-3-5-11/h1-10,22-23H. The molecule has 142 valence electrons. The van der Waals surface area contributed by atoms with Gasteiger partial charge >= 0.3 is 6.36 Å². The molecule has 0 bridgehead atoms. The van der Waals surface area contributed by atoms with Gasteiger partial charge in [0.2, 0.25) is 0 Å². The van der Waals surface area contributed by atoms with Gasteiger partial charge in [-0.2, -0.15) is 0 Å². The van der Waals surface area contributed by atoms with E-state index in [0.29, 0.717) is 11.8 Å². The first-order chi connectivity index (χ1) is 12.6. The first-order valence-corrected chi connectivity index (χ1v) is 8.94. The first-order valence-electron chi connectivity index (χ1n) is 7.46. The number of halogens is 4. The summed E-state index contributed by atoms with van der Waals surface area (Å²) in [5, 5.41) is 0. The van der Waals surface area contributed by atoms with E-state index in [1.807, 2.05) is 4.72 Å². The van der Waals surface area contributed by atoms with E-state index in [9.17, 15) is 26.0 Å². The normalized spacial score (nSPS) is 12.0. The second-order valence-corrected chi connectivity index (χ2v) is 7.09. The monoisotopic (exact) mass is 400 g/mol. The molecular formula is C17H12F4N2O3S. The average molecular weight is 400 g/mol. The molecule has 0 saturated heterocycles. The van der Waals surface area contributed by atoms with Gasteiger partial charge in [0.05, 0.1) is 5.69 Å². The van der Waals surface area contributed by atoms with Crippen molar-refractivity contribution in [2.45, 2.75) is 11.3 Å². The Morgan fingerprint density at radius 2 is 1.70 bits per heavy atom. The lowest BCUT2D eigenvalue weighted by Gasteiger charge is -2.11. The third-order valence-electron chi connectivity index (χ3n) is 3.47. The van der Waals surface area contributed by atoms with Gasteiger partial charge in [-0.05, 0) is 23.8 Å². The minimum absolute atomic E-state index is 0.156. The topological polar surface area (TPSA) is 71.2 Å². The highest BCUT2D eigenvalue weighted by Crippen LogP contribution is 2.28. The molecule has 3 rings (SSSR count). The molecule has 0 aliphatic carbocycles. The molecule has 1 aromatic heterocycles. The fraction of sp³-hybridized carbons (Fsp3) is 0.0588. The number of alkyl halides is 3. The summed E-state index contributed by atoms with van der Waals surface area (Å²) in [5.41, 5.74) is 0.774. The van der Waals surface area contributed by atoms with E-state index in [1.54, 1.807) is 30.3 Å². The van der Waals surface area contributed by atoms with Gasteiger partial charge in [-0.1, -0.05) is 30.3 Å². The lowest BCUT2D eigenvalue weighted by atomic mass is 10.2. The van der Waals surface area contributed by atoms with Crippen LogP contribution in [0.15, 0.2) is 65.7 Å². The van der Waals surface area contributed by atoms with Crippen molar-refractivity contribution in [2.75, 3.05) is 4.72 Å². The first kappa shape index (κ1) is 18.8. The predicted molar refractivity (Wildman–Crippen MR) is 90.1 cm³/mol. The maximum Gasteiger partial charge on any atom is 0.573 e. The number of benzene rings is 2. The zero-order chi connectivity index (χ0) is 19.7. The van der Waals surface area contributed by atoms with Gasteiger partial charge in [-0.25, -0.2) is 12.8 Å². The molecule has 0 fully saturated rings. The van der Waals surface area contributed by atoms with Gasteiger partial charge in [-0.3, -0.25) is 4.72 Å². The number of sulfonamides is 1. The molecule has 0 amide bonds.